The maximum Gasteiger partial charge on any atom is 0.248 e. The van der Waals surface area contributed by atoms with Crippen LogP contribution in [-0.2, 0) is 6.54 Å². The third-order valence-corrected chi connectivity index (χ3v) is 6.38. The van der Waals surface area contributed by atoms with Crippen molar-refractivity contribution in [3.63, 3.8) is 0 Å². The minimum absolute atomic E-state index is 0.364. The summed E-state index contributed by atoms with van der Waals surface area (Å²) in [5.41, 5.74) is 8.54. The van der Waals surface area contributed by atoms with Crippen LogP contribution in [0, 0.1) is 0 Å². The molecule has 2 bridgehead atoms. The van der Waals surface area contributed by atoms with Crippen LogP contribution in [0.3, 0.4) is 0 Å². The van der Waals surface area contributed by atoms with Gasteiger partial charge in [0.25, 0.3) is 0 Å². The second-order valence-electron chi connectivity index (χ2n) is 7.90. The number of fused-ring (bicyclic) bond motifs is 3. The number of carbonyl (C=O) groups is 1. The van der Waals surface area contributed by atoms with E-state index in [1.165, 1.54) is 23.8 Å². The van der Waals surface area contributed by atoms with Crippen molar-refractivity contribution in [2.75, 3.05) is 0 Å². The summed E-state index contributed by atoms with van der Waals surface area (Å²) in [6.07, 6.45) is 10.8. The van der Waals surface area contributed by atoms with Gasteiger partial charge in [-0.1, -0.05) is 6.07 Å². The molecule has 1 amide bonds. The third kappa shape index (κ3) is 2.92. The molecule has 2 aromatic heterocycles. The quantitative estimate of drug-likeness (QED) is 0.774. The van der Waals surface area contributed by atoms with Crippen molar-refractivity contribution in [3.8, 4) is 0 Å². The van der Waals surface area contributed by atoms with E-state index in [0.29, 0.717) is 23.7 Å². The maximum atomic E-state index is 11.6. The van der Waals surface area contributed by atoms with E-state index in [1.807, 2.05) is 30.6 Å². The van der Waals surface area contributed by atoms with Crippen molar-refractivity contribution in [2.24, 2.45) is 5.73 Å². The lowest BCUT2D eigenvalue weighted by Gasteiger charge is -2.39. The molecule has 4 heterocycles. The van der Waals surface area contributed by atoms with E-state index in [1.54, 1.807) is 0 Å². The molecule has 3 aromatic rings. The van der Waals surface area contributed by atoms with Crippen LogP contribution in [0.15, 0.2) is 55.0 Å². The zero-order chi connectivity index (χ0) is 18.4. The molecule has 138 valence electrons. The lowest BCUT2D eigenvalue weighted by atomic mass is 9.96. The summed E-state index contributed by atoms with van der Waals surface area (Å²) in [4.78, 5) is 18.4. The lowest BCUT2D eigenvalue weighted by Crippen LogP contribution is -2.42. The highest BCUT2D eigenvalue weighted by atomic mass is 16.1. The molecule has 5 heteroatoms. The summed E-state index contributed by atoms with van der Waals surface area (Å²) in [7, 11) is 0. The Morgan fingerprint density at radius 1 is 1.04 bits per heavy atom. The number of hydrogen-bond acceptors (Lipinski definition) is 3. The summed E-state index contributed by atoms with van der Waals surface area (Å²) >= 11 is 0. The minimum atomic E-state index is -0.364. The molecule has 0 aliphatic carbocycles. The Morgan fingerprint density at radius 3 is 2.48 bits per heavy atom. The SMILES string of the molecule is NC(=O)c1ccc2ccn(C3C[C@H]4CC[C@@H](C3)N4Cc3ccncc3)c2c1. The molecular formula is C22H24N4O. The number of amides is 1. The smallest absolute Gasteiger partial charge is 0.248 e. The van der Waals surface area contributed by atoms with Crippen LogP contribution in [0.5, 0.6) is 0 Å². The van der Waals surface area contributed by atoms with Crippen LogP contribution in [0.2, 0.25) is 0 Å². The first-order valence-electron chi connectivity index (χ1n) is 9.74. The van der Waals surface area contributed by atoms with E-state index in [2.05, 4.69) is 38.8 Å². The molecule has 5 rings (SSSR count). The summed E-state index contributed by atoms with van der Waals surface area (Å²) in [5, 5.41) is 1.17. The first-order valence-corrected chi connectivity index (χ1v) is 9.74. The number of rotatable bonds is 4. The molecule has 5 nitrogen and oxygen atoms in total. The van der Waals surface area contributed by atoms with E-state index < -0.39 is 0 Å². The van der Waals surface area contributed by atoms with Gasteiger partial charge in [-0.25, -0.2) is 0 Å². The molecule has 2 fully saturated rings. The number of piperidine rings is 1. The molecular weight excluding hydrogens is 336 g/mol. The highest BCUT2D eigenvalue weighted by Crippen LogP contribution is 2.42. The highest BCUT2D eigenvalue weighted by Gasteiger charge is 2.41. The topological polar surface area (TPSA) is 64.2 Å². The first kappa shape index (κ1) is 16.5. The zero-order valence-electron chi connectivity index (χ0n) is 15.3. The Balaban J connectivity index is 1.40. The largest absolute Gasteiger partial charge is 0.366 e. The molecule has 3 atom stereocenters. The van der Waals surface area contributed by atoms with Gasteiger partial charge in [0.2, 0.25) is 5.91 Å². The van der Waals surface area contributed by atoms with Crippen LogP contribution < -0.4 is 5.73 Å². The predicted octanol–water partition coefficient (Wildman–Crippen LogP) is 3.50. The van der Waals surface area contributed by atoms with Gasteiger partial charge in [0.15, 0.2) is 0 Å². The van der Waals surface area contributed by atoms with E-state index in [-0.39, 0.29) is 5.91 Å². The molecule has 2 aliphatic rings. The normalized spacial score (nSPS) is 25.1. The third-order valence-electron chi connectivity index (χ3n) is 6.38. The van der Waals surface area contributed by atoms with Crippen molar-refractivity contribution in [1.29, 1.82) is 0 Å². The van der Waals surface area contributed by atoms with Gasteiger partial charge in [-0.2, -0.15) is 0 Å². The molecule has 0 radical (unpaired) electrons. The van der Waals surface area contributed by atoms with E-state index >= 15 is 0 Å². The Hall–Kier alpha value is -2.66. The number of carbonyl (C=O) groups excluding carboxylic acids is 1. The number of primary amides is 1. The fourth-order valence-corrected chi connectivity index (χ4v) is 5.05. The molecule has 2 aliphatic heterocycles. The minimum Gasteiger partial charge on any atom is -0.366 e. The van der Waals surface area contributed by atoms with E-state index in [0.717, 1.165) is 24.9 Å². The van der Waals surface area contributed by atoms with Crippen molar-refractivity contribution < 1.29 is 4.79 Å². The Morgan fingerprint density at radius 2 is 1.78 bits per heavy atom. The van der Waals surface area contributed by atoms with Crippen LogP contribution in [0.1, 0.15) is 47.6 Å². The van der Waals surface area contributed by atoms with Gasteiger partial charge in [0.05, 0.1) is 0 Å². The summed E-state index contributed by atoms with van der Waals surface area (Å²) in [6.45, 7) is 1.02. The van der Waals surface area contributed by atoms with Crippen molar-refractivity contribution in [2.45, 2.75) is 50.4 Å². The van der Waals surface area contributed by atoms with Gasteiger partial charge >= 0.3 is 0 Å². The maximum absolute atomic E-state index is 11.6. The van der Waals surface area contributed by atoms with Gasteiger partial charge in [0, 0.05) is 54.3 Å². The highest BCUT2D eigenvalue weighted by molar-refractivity contribution is 5.97. The lowest BCUT2D eigenvalue weighted by molar-refractivity contribution is 0.0997. The fraction of sp³-hybridized carbons (Fsp3) is 0.364. The number of pyridine rings is 1. The molecule has 1 aromatic carbocycles. The standard InChI is InChI=1S/C22H24N4O/c23-22(27)17-2-1-16-7-10-25(21(16)11-17)20-12-18-3-4-19(13-20)26(18)14-15-5-8-24-9-6-15/h1-2,5-11,18-20H,3-4,12-14H2,(H2,23,27)/t18-,19+,20?. The second kappa shape index (κ2) is 6.50. The molecule has 2 saturated heterocycles. The summed E-state index contributed by atoms with van der Waals surface area (Å²) in [6, 6.07) is 13.9. The van der Waals surface area contributed by atoms with Crippen molar-refractivity contribution in [1.82, 2.24) is 14.5 Å². The fourth-order valence-electron chi connectivity index (χ4n) is 5.05. The van der Waals surface area contributed by atoms with Crippen molar-refractivity contribution >= 4 is 16.8 Å². The molecule has 0 saturated carbocycles. The summed E-state index contributed by atoms with van der Waals surface area (Å²) in [5.74, 6) is -0.364. The van der Waals surface area contributed by atoms with Gasteiger partial charge in [-0.05, 0) is 67.0 Å². The number of benzene rings is 1. The number of nitrogens with two attached hydrogens (primary N) is 1. The summed E-state index contributed by atoms with van der Waals surface area (Å²) < 4.78 is 2.37. The number of hydrogen-bond donors (Lipinski definition) is 1. The Bertz CT molecular complexity index is 966. The molecule has 2 N–H and O–H groups in total. The van der Waals surface area contributed by atoms with Gasteiger partial charge in [-0.3, -0.25) is 14.7 Å². The van der Waals surface area contributed by atoms with Crippen LogP contribution in [0.4, 0.5) is 0 Å². The Kier molecular flexibility index (Phi) is 3.97. The van der Waals surface area contributed by atoms with Gasteiger partial charge < -0.3 is 10.3 Å². The average molecular weight is 360 g/mol. The monoisotopic (exact) mass is 360 g/mol. The number of aromatic nitrogens is 2. The average Bonchev–Trinajstić information content (AvgIpc) is 3.19. The Labute approximate surface area is 158 Å². The predicted molar refractivity (Wildman–Crippen MR) is 105 cm³/mol. The van der Waals surface area contributed by atoms with Crippen LogP contribution in [-0.4, -0.2) is 32.4 Å². The molecule has 27 heavy (non-hydrogen) atoms. The van der Waals surface area contributed by atoms with Gasteiger partial charge in [0.1, 0.15) is 0 Å². The second-order valence-corrected chi connectivity index (χ2v) is 7.90. The number of nitrogens with zero attached hydrogens (tertiary/aromatic N) is 3. The molecule has 0 spiro atoms. The van der Waals surface area contributed by atoms with Crippen LogP contribution >= 0.6 is 0 Å². The van der Waals surface area contributed by atoms with Gasteiger partial charge in [-0.15, -0.1) is 0 Å². The van der Waals surface area contributed by atoms with Crippen LogP contribution in [0.25, 0.3) is 10.9 Å². The zero-order valence-corrected chi connectivity index (χ0v) is 15.3. The van der Waals surface area contributed by atoms with Crippen molar-refractivity contribution in [3.05, 3.63) is 66.1 Å². The molecule has 1 unspecified atom stereocenters. The first-order chi connectivity index (χ1) is 13.2. The van der Waals surface area contributed by atoms with E-state index in [4.69, 9.17) is 5.73 Å². The van der Waals surface area contributed by atoms with E-state index in [9.17, 15) is 4.79 Å².